The first kappa shape index (κ1) is 22.6. The van der Waals surface area contributed by atoms with Gasteiger partial charge in [0.25, 0.3) is 0 Å². The van der Waals surface area contributed by atoms with Crippen LogP contribution < -0.4 is 5.32 Å². The van der Waals surface area contributed by atoms with Crippen LogP contribution in [0.2, 0.25) is 6.32 Å². The lowest BCUT2D eigenvalue weighted by molar-refractivity contribution is -0.154. The van der Waals surface area contributed by atoms with E-state index in [1.54, 1.807) is 6.92 Å². The molecule has 1 N–H and O–H groups in total. The molecule has 0 spiro atoms. The predicted molar refractivity (Wildman–Crippen MR) is 98.6 cm³/mol. The van der Waals surface area contributed by atoms with E-state index in [0.717, 1.165) is 6.42 Å². The average molecular weight is 369 g/mol. The zero-order valence-corrected chi connectivity index (χ0v) is 16.8. The SMILES string of the molecule is CCOC(=O)C(CC=O)(CCCCB1OC(C)(C)C(C)(C)O1)NC(C)=O. The summed E-state index contributed by atoms with van der Waals surface area (Å²) < 4.78 is 17.0. The van der Waals surface area contributed by atoms with Crippen LogP contribution in [0, 0.1) is 0 Å². The van der Waals surface area contributed by atoms with Gasteiger partial charge in [-0.1, -0.05) is 12.8 Å². The van der Waals surface area contributed by atoms with E-state index in [9.17, 15) is 14.4 Å². The number of nitrogens with one attached hydrogen (secondary N) is 1. The zero-order chi connectivity index (χ0) is 20.0. The largest absolute Gasteiger partial charge is 0.464 e. The lowest BCUT2D eigenvalue weighted by Crippen LogP contribution is -2.55. The molecule has 0 aromatic heterocycles. The molecule has 0 aromatic carbocycles. The molecule has 1 heterocycles. The van der Waals surface area contributed by atoms with Crippen molar-refractivity contribution in [2.24, 2.45) is 0 Å². The Bertz CT molecular complexity index is 506. The van der Waals surface area contributed by atoms with E-state index in [0.29, 0.717) is 25.4 Å². The molecule has 7 nitrogen and oxygen atoms in total. The minimum absolute atomic E-state index is 0.109. The number of hydrogen-bond acceptors (Lipinski definition) is 6. The third-order valence-electron chi connectivity index (χ3n) is 5.11. The van der Waals surface area contributed by atoms with Gasteiger partial charge >= 0.3 is 13.1 Å². The molecule has 0 aromatic rings. The van der Waals surface area contributed by atoms with Gasteiger partial charge in [0.05, 0.1) is 17.8 Å². The highest BCUT2D eigenvalue weighted by molar-refractivity contribution is 6.45. The van der Waals surface area contributed by atoms with E-state index in [2.05, 4.69) is 5.32 Å². The zero-order valence-electron chi connectivity index (χ0n) is 16.8. The van der Waals surface area contributed by atoms with Crippen molar-refractivity contribution in [1.82, 2.24) is 5.32 Å². The highest BCUT2D eigenvalue weighted by Gasteiger charge is 2.50. The van der Waals surface area contributed by atoms with E-state index < -0.39 is 11.5 Å². The standard InChI is InChI=1S/C18H32BNO6/c1-7-24-15(23)18(11-13-21,20-14(2)22)10-8-9-12-19-25-16(3,4)17(5,6)26-19/h13H,7-12H2,1-6H3,(H,20,22). The lowest BCUT2D eigenvalue weighted by atomic mass is 9.80. The van der Waals surface area contributed by atoms with Crippen molar-refractivity contribution in [3.05, 3.63) is 0 Å². The highest BCUT2D eigenvalue weighted by atomic mass is 16.7. The first-order valence-electron chi connectivity index (χ1n) is 9.25. The van der Waals surface area contributed by atoms with Gasteiger partial charge < -0.3 is 24.2 Å². The number of ether oxygens (including phenoxy) is 1. The van der Waals surface area contributed by atoms with E-state index in [1.165, 1.54) is 6.92 Å². The topological polar surface area (TPSA) is 90.9 Å². The average Bonchev–Trinajstić information content (AvgIpc) is 2.71. The fourth-order valence-corrected chi connectivity index (χ4v) is 3.02. The molecule has 1 aliphatic rings. The number of aldehydes is 1. The first-order valence-corrected chi connectivity index (χ1v) is 9.25. The van der Waals surface area contributed by atoms with E-state index in [4.69, 9.17) is 14.0 Å². The van der Waals surface area contributed by atoms with Gasteiger partial charge in [0.1, 0.15) is 11.8 Å². The molecular weight excluding hydrogens is 337 g/mol. The van der Waals surface area contributed by atoms with Crippen LogP contribution in [-0.2, 0) is 28.4 Å². The van der Waals surface area contributed by atoms with Gasteiger partial charge in [-0.25, -0.2) is 4.79 Å². The summed E-state index contributed by atoms with van der Waals surface area (Å²) in [6.07, 6.45) is 2.88. The third-order valence-corrected chi connectivity index (χ3v) is 5.11. The Balaban J connectivity index is 2.65. The Labute approximate surface area is 156 Å². The second-order valence-electron chi connectivity index (χ2n) is 7.79. The predicted octanol–water partition coefficient (Wildman–Crippen LogP) is 2.28. The van der Waals surface area contributed by atoms with Crippen molar-refractivity contribution < 1.29 is 28.4 Å². The number of carbonyl (C=O) groups excluding carboxylic acids is 3. The minimum Gasteiger partial charge on any atom is -0.464 e. The molecule has 1 unspecified atom stereocenters. The van der Waals surface area contributed by atoms with Crippen LogP contribution in [0.5, 0.6) is 0 Å². The van der Waals surface area contributed by atoms with Crippen LogP contribution >= 0.6 is 0 Å². The van der Waals surface area contributed by atoms with Gasteiger partial charge in [0, 0.05) is 13.3 Å². The summed E-state index contributed by atoms with van der Waals surface area (Å²) in [6.45, 7) is 11.2. The molecule has 8 heteroatoms. The number of rotatable bonds is 10. The minimum atomic E-state index is -1.31. The Morgan fingerprint density at radius 2 is 1.73 bits per heavy atom. The summed E-state index contributed by atoms with van der Waals surface area (Å²) in [7, 11) is -0.302. The van der Waals surface area contributed by atoms with Crippen molar-refractivity contribution >= 4 is 25.3 Å². The van der Waals surface area contributed by atoms with Crippen LogP contribution in [-0.4, -0.2) is 48.6 Å². The Hall–Kier alpha value is -1.41. The molecule has 1 fully saturated rings. The van der Waals surface area contributed by atoms with Gasteiger partial charge in [-0.05, 0) is 47.4 Å². The molecule has 1 atom stereocenters. The second kappa shape index (κ2) is 8.99. The van der Waals surface area contributed by atoms with Crippen LogP contribution in [0.1, 0.15) is 67.2 Å². The van der Waals surface area contributed by atoms with Crippen molar-refractivity contribution in [2.45, 2.75) is 90.3 Å². The molecular formula is C18H32BNO6. The number of esters is 1. The van der Waals surface area contributed by atoms with Crippen molar-refractivity contribution in [2.75, 3.05) is 6.61 Å². The van der Waals surface area contributed by atoms with Crippen LogP contribution in [0.15, 0.2) is 0 Å². The van der Waals surface area contributed by atoms with Gasteiger partial charge in [-0.2, -0.15) is 0 Å². The number of hydrogen-bond donors (Lipinski definition) is 1. The maximum Gasteiger partial charge on any atom is 0.457 e. The monoisotopic (exact) mass is 369 g/mol. The molecule has 148 valence electrons. The first-order chi connectivity index (χ1) is 12.0. The Morgan fingerprint density at radius 3 is 2.19 bits per heavy atom. The fraction of sp³-hybridized carbons (Fsp3) is 0.833. The molecule has 0 saturated carbocycles. The number of amides is 1. The van der Waals surface area contributed by atoms with Crippen molar-refractivity contribution in [3.8, 4) is 0 Å². The molecule has 1 amide bonds. The van der Waals surface area contributed by atoms with Gasteiger partial charge in [-0.3, -0.25) is 4.79 Å². The van der Waals surface area contributed by atoms with Gasteiger partial charge in [0.15, 0.2) is 0 Å². The van der Waals surface area contributed by atoms with Crippen LogP contribution in [0.4, 0.5) is 0 Å². The number of unbranched alkanes of at least 4 members (excludes halogenated alkanes) is 1. The highest BCUT2D eigenvalue weighted by Crippen LogP contribution is 2.38. The molecule has 0 radical (unpaired) electrons. The number of carbonyl (C=O) groups is 3. The maximum absolute atomic E-state index is 12.4. The molecule has 1 saturated heterocycles. The maximum atomic E-state index is 12.4. The summed E-state index contributed by atoms with van der Waals surface area (Å²) in [5.74, 6) is -0.941. The van der Waals surface area contributed by atoms with E-state index in [-0.39, 0.29) is 37.3 Å². The Kier molecular flexibility index (Phi) is 7.83. The molecule has 1 rings (SSSR count). The van der Waals surface area contributed by atoms with Crippen molar-refractivity contribution in [1.29, 1.82) is 0 Å². The normalized spacial score (nSPS) is 20.3. The summed E-state index contributed by atoms with van der Waals surface area (Å²) in [4.78, 5) is 35.0. The van der Waals surface area contributed by atoms with Crippen molar-refractivity contribution in [3.63, 3.8) is 0 Å². The second-order valence-corrected chi connectivity index (χ2v) is 7.79. The molecule has 0 bridgehead atoms. The van der Waals surface area contributed by atoms with Crippen LogP contribution in [0.25, 0.3) is 0 Å². The summed E-state index contributed by atoms with van der Waals surface area (Å²) in [5, 5.41) is 2.63. The summed E-state index contributed by atoms with van der Waals surface area (Å²) in [6, 6.07) is 0. The summed E-state index contributed by atoms with van der Waals surface area (Å²) in [5.41, 5.74) is -2.06. The third kappa shape index (κ3) is 5.54. The molecule has 0 aliphatic carbocycles. The van der Waals surface area contributed by atoms with E-state index >= 15 is 0 Å². The summed E-state index contributed by atoms with van der Waals surface area (Å²) >= 11 is 0. The Morgan fingerprint density at radius 1 is 1.15 bits per heavy atom. The van der Waals surface area contributed by atoms with E-state index in [1.807, 2.05) is 27.7 Å². The smallest absolute Gasteiger partial charge is 0.457 e. The fourth-order valence-electron chi connectivity index (χ4n) is 3.02. The molecule has 1 aliphatic heterocycles. The van der Waals surface area contributed by atoms with Crippen LogP contribution in [0.3, 0.4) is 0 Å². The lowest BCUT2D eigenvalue weighted by Gasteiger charge is -2.32. The quantitative estimate of drug-likeness (QED) is 0.275. The van der Waals surface area contributed by atoms with Gasteiger partial charge in [-0.15, -0.1) is 0 Å². The van der Waals surface area contributed by atoms with Gasteiger partial charge in [0.2, 0.25) is 5.91 Å². The molecule has 26 heavy (non-hydrogen) atoms.